The minimum Gasteiger partial charge on any atom is -0.373 e. The Morgan fingerprint density at radius 2 is 1.90 bits per heavy atom. The third-order valence-corrected chi connectivity index (χ3v) is 2.79. The molecule has 6 heteroatoms. The highest BCUT2D eigenvalue weighted by Gasteiger charge is 2.14. The lowest BCUT2D eigenvalue weighted by molar-refractivity contribution is -0.121. The van der Waals surface area contributed by atoms with Gasteiger partial charge in [0.05, 0.1) is 0 Å². The summed E-state index contributed by atoms with van der Waals surface area (Å²) < 4.78 is 0. The van der Waals surface area contributed by atoms with Crippen LogP contribution in [0.2, 0.25) is 0 Å². The van der Waals surface area contributed by atoms with Gasteiger partial charge in [0.15, 0.2) is 0 Å². The summed E-state index contributed by atoms with van der Waals surface area (Å²) in [6.07, 6.45) is 0.748. The normalized spacial score (nSPS) is 12.1. The second-order valence-corrected chi connectivity index (χ2v) is 5.16. The SMILES string of the molecule is CCc1nc(NC)cc(NC(C)C(=O)NCC(C)C)n1. The van der Waals surface area contributed by atoms with E-state index in [1.54, 1.807) is 6.07 Å². The average Bonchev–Trinajstić information content (AvgIpc) is 2.43. The van der Waals surface area contributed by atoms with E-state index < -0.39 is 0 Å². The Balaban J connectivity index is 2.69. The van der Waals surface area contributed by atoms with Crippen LogP contribution in [0.5, 0.6) is 0 Å². The Morgan fingerprint density at radius 1 is 1.25 bits per heavy atom. The first-order valence-corrected chi connectivity index (χ1v) is 7.06. The standard InChI is InChI=1S/C14H25N5O/c1-6-11-18-12(15-5)7-13(19-11)17-10(4)14(20)16-8-9(2)3/h7,9-10H,6,8H2,1-5H3,(H,16,20)(H2,15,17,18,19). The van der Waals surface area contributed by atoms with Crippen molar-refractivity contribution in [1.82, 2.24) is 15.3 Å². The first kappa shape index (κ1) is 16.2. The van der Waals surface area contributed by atoms with E-state index in [1.807, 2.05) is 20.9 Å². The van der Waals surface area contributed by atoms with E-state index in [4.69, 9.17) is 0 Å². The lowest BCUT2D eigenvalue weighted by Gasteiger charge is -2.16. The molecule has 1 unspecified atom stereocenters. The molecule has 1 rings (SSSR count). The molecular weight excluding hydrogens is 254 g/mol. The van der Waals surface area contributed by atoms with Gasteiger partial charge in [0.1, 0.15) is 23.5 Å². The number of aryl methyl sites for hydroxylation is 1. The van der Waals surface area contributed by atoms with Crippen LogP contribution in [0.4, 0.5) is 11.6 Å². The number of nitrogens with one attached hydrogen (secondary N) is 3. The molecule has 1 aromatic rings. The number of nitrogens with zero attached hydrogens (tertiary/aromatic N) is 2. The third-order valence-electron chi connectivity index (χ3n) is 2.79. The molecule has 20 heavy (non-hydrogen) atoms. The van der Waals surface area contributed by atoms with E-state index in [1.165, 1.54) is 0 Å². The summed E-state index contributed by atoms with van der Waals surface area (Å²) in [6.45, 7) is 8.63. The van der Waals surface area contributed by atoms with Crippen LogP contribution < -0.4 is 16.0 Å². The third kappa shape index (κ3) is 5.03. The number of rotatable bonds is 7. The monoisotopic (exact) mass is 279 g/mol. The van der Waals surface area contributed by atoms with Crippen LogP contribution in [0.15, 0.2) is 6.07 Å². The molecule has 112 valence electrons. The molecular formula is C14H25N5O. The van der Waals surface area contributed by atoms with Gasteiger partial charge in [-0.15, -0.1) is 0 Å². The van der Waals surface area contributed by atoms with E-state index in [9.17, 15) is 4.79 Å². The summed E-state index contributed by atoms with van der Waals surface area (Å²) in [7, 11) is 1.81. The Bertz CT molecular complexity index is 425. The molecule has 1 amide bonds. The molecule has 0 saturated heterocycles. The van der Waals surface area contributed by atoms with Gasteiger partial charge in [-0.25, -0.2) is 9.97 Å². The van der Waals surface area contributed by atoms with Crippen LogP contribution in [0.3, 0.4) is 0 Å². The fraction of sp³-hybridized carbons (Fsp3) is 0.643. The van der Waals surface area contributed by atoms with Gasteiger partial charge in [-0.3, -0.25) is 4.79 Å². The van der Waals surface area contributed by atoms with Gasteiger partial charge < -0.3 is 16.0 Å². The highest BCUT2D eigenvalue weighted by atomic mass is 16.2. The van der Waals surface area contributed by atoms with Crippen molar-refractivity contribution in [3.05, 3.63) is 11.9 Å². The number of carbonyl (C=O) groups excluding carboxylic acids is 1. The van der Waals surface area contributed by atoms with Crippen LogP contribution in [-0.2, 0) is 11.2 Å². The Kier molecular flexibility index (Phi) is 6.21. The van der Waals surface area contributed by atoms with Crippen molar-refractivity contribution in [2.45, 2.75) is 40.2 Å². The molecule has 0 spiro atoms. The number of anilines is 2. The first-order chi connectivity index (χ1) is 9.46. The maximum absolute atomic E-state index is 11.9. The maximum atomic E-state index is 11.9. The molecule has 0 aliphatic rings. The summed E-state index contributed by atoms with van der Waals surface area (Å²) in [5, 5.41) is 9.00. The van der Waals surface area contributed by atoms with Gasteiger partial charge in [-0.1, -0.05) is 20.8 Å². The van der Waals surface area contributed by atoms with Gasteiger partial charge in [-0.2, -0.15) is 0 Å². The second kappa shape index (κ2) is 7.67. The molecule has 0 aliphatic carbocycles. The number of hydrogen-bond acceptors (Lipinski definition) is 5. The van der Waals surface area contributed by atoms with Gasteiger partial charge >= 0.3 is 0 Å². The topological polar surface area (TPSA) is 78.9 Å². The quantitative estimate of drug-likeness (QED) is 0.707. The van der Waals surface area contributed by atoms with E-state index in [-0.39, 0.29) is 11.9 Å². The summed E-state index contributed by atoms with van der Waals surface area (Å²) in [6, 6.07) is 1.46. The highest BCUT2D eigenvalue weighted by Crippen LogP contribution is 2.12. The fourth-order valence-electron chi connectivity index (χ4n) is 1.60. The number of hydrogen-bond donors (Lipinski definition) is 3. The molecule has 6 nitrogen and oxygen atoms in total. The summed E-state index contributed by atoms with van der Waals surface area (Å²) >= 11 is 0. The predicted octanol–water partition coefficient (Wildman–Crippen LogP) is 1.65. The maximum Gasteiger partial charge on any atom is 0.242 e. The Labute approximate surface area is 120 Å². The summed E-state index contributed by atoms with van der Waals surface area (Å²) in [4.78, 5) is 20.6. The summed E-state index contributed by atoms with van der Waals surface area (Å²) in [5.41, 5.74) is 0. The number of aromatic nitrogens is 2. The second-order valence-electron chi connectivity index (χ2n) is 5.16. The molecule has 0 bridgehead atoms. The molecule has 1 atom stereocenters. The van der Waals surface area contributed by atoms with Crippen molar-refractivity contribution in [3.8, 4) is 0 Å². The predicted molar refractivity (Wildman–Crippen MR) is 81.9 cm³/mol. The lowest BCUT2D eigenvalue weighted by Crippen LogP contribution is -2.39. The molecule has 1 heterocycles. The fourth-order valence-corrected chi connectivity index (χ4v) is 1.60. The lowest BCUT2D eigenvalue weighted by atomic mass is 10.2. The van der Waals surface area contributed by atoms with E-state index in [0.29, 0.717) is 18.3 Å². The van der Waals surface area contributed by atoms with Crippen molar-refractivity contribution in [2.75, 3.05) is 24.2 Å². The molecule has 3 N–H and O–H groups in total. The molecule has 0 aliphatic heterocycles. The number of carbonyl (C=O) groups is 1. The van der Waals surface area contributed by atoms with Crippen LogP contribution in [0.25, 0.3) is 0 Å². The molecule has 1 aromatic heterocycles. The average molecular weight is 279 g/mol. The zero-order chi connectivity index (χ0) is 15.1. The first-order valence-electron chi connectivity index (χ1n) is 7.06. The van der Waals surface area contributed by atoms with E-state index in [2.05, 4.69) is 39.8 Å². The molecule has 0 radical (unpaired) electrons. The van der Waals surface area contributed by atoms with Gasteiger partial charge in [0.25, 0.3) is 0 Å². The van der Waals surface area contributed by atoms with E-state index in [0.717, 1.165) is 18.1 Å². The molecule has 0 saturated carbocycles. The number of amides is 1. The minimum absolute atomic E-state index is 0.0265. The zero-order valence-electron chi connectivity index (χ0n) is 12.9. The van der Waals surface area contributed by atoms with Gasteiger partial charge in [0.2, 0.25) is 5.91 Å². The minimum atomic E-state index is -0.335. The van der Waals surface area contributed by atoms with E-state index >= 15 is 0 Å². The zero-order valence-corrected chi connectivity index (χ0v) is 12.9. The Morgan fingerprint density at radius 3 is 2.45 bits per heavy atom. The van der Waals surface area contributed by atoms with Crippen molar-refractivity contribution in [1.29, 1.82) is 0 Å². The van der Waals surface area contributed by atoms with Crippen molar-refractivity contribution in [2.24, 2.45) is 5.92 Å². The van der Waals surface area contributed by atoms with Gasteiger partial charge in [-0.05, 0) is 12.8 Å². The van der Waals surface area contributed by atoms with Crippen LogP contribution in [0.1, 0.15) is 33.5 Å². The van der Waals surface area contributed by atoms with Crippen molar-refractivity contribution in [3.63, 3.8) is 0 Å². The summed E-state index contributed by atoms with van der Waals surface area (Å²) in [5.74, 6) is 2.56. The molecule has 0 fully saturated rings. The van der Waals surface area contributed by atoms with Crippen molar-refractivity contribution >= 4 is 17.5 Å². The van der Waals surface area contributed by atoms with Crippen molar-refractivity contribution < 1.29 is 4.79 Å². The van der Waals surface area contributed by atoms with Crippen LogP contribution >= 0.6 is 0 Å². The molecule has 0 aromatic carbocycles. The highest BCUT2D eigenvalue weighted by molar-refractivity contribution is 5.83. The Hall–Kier alpha value is -1.85. The van der Waals surface area contributed by atoms with Crippen LogP contribution in [0, 0.1) is 5.92 Å². The van der Waals surface area contributed by atoms with Gasteiger partial charge in [0, 0.05) is 26.1 Å². The smallest absolute Gasteiger partial charge is 0.242 e. The van der Waals surface area contributed by atoms with Crippen LogP contribution in [-0.4, -0.2) is 35.5 Å². The largest absolute Gasteiger partial charge is 0.373 e.